The third kappa shape index (κ3) is 7.54. The van der Waals surface area contributed by atoms with E-state index in [-0.39, 0.29) is 12.5 Å². The number of aromatic nitrogens is 2. The molecule has 2 heterocycles. The van der Waals surface area contributed by atoms with Gasteiger partial charge in [-0.15, -0.1) is 0 Å². The molecular formula is C33H46N4O7Si. The lowest BCUT2D eigenvalue weighted by atomic mass is 10.1. The van der Waals surface area contributed by atoms with Crippen molar-refractivity contribution in [2.45, 2.75) is 70.3 Å². The smallest absolute Gasteiger partial charge is 0.330 e. The Morgan fingerprint density at radius 3 is 2.16 bits per heavy atom. The standard InChI is InChI=1S/C33H46N4O7Si/c1-22-20-37(32(41)35-30(22)40)31-29(42-21-26(39)34-18-19-36(6)7)28(27(43-31)23(2)38)44-45(33(3,4)5,24-14-10-8-11-15-24)25-16-12-9-13-17-25/h8-17,20,23,27-29,31,38H,18-19,21H2,1-7H3,(H,34,39)(H,35,40,41)/t23-,27?,28-,29-,31-/m1/s1. The summed E-state index contributed by atoms with van der Waals surface area (Å²) >= 11 is 0. The van der Waals surface area contributed by atoms with Gasteiger partial charge in [0, 0.05) is 24.8 Å². The highest BCUT2D eigenvalue weighted by Crippen LogP contribution is 2.42. The van der Waals surface area contributed by atoms with E-state index in [0.717, 1.165) is 10.4 Å². The molecule has 1 aliphatic heterocycles. The van der Waals surface area contributed by atoms with Crippen LogP contribution in [0.4, 0.5) is 0 Å². The molecule has 1 saturated heterocycles. The fourth-order valence-corrected chi connectivity index (χ4v) is 10.6. The topological polar surface area (TPSA) is 135 Å². The molecule has 0 radical (unpaired) electrons. The van der Waals surface area contributed by atoms with E-state index in [1.165, 1.54) is 10.8 Å². The number of carbonyl (C=O) groups excluding carboxylic acids is 1. The van der Waals surface area contributed by atoms with E-state index in [1.54, 1.807) is 13.8 Å². The molecule has 45 heavy (non-hydrogen) atoms. The lowest BCUT2D eigenvalue weighted by Gasteiger charge is -2.46. The summed E-state index contributed by atoms with van der Waals surface area (Å²) < 4.78 is 21.4. The van der Waals surface area contributed by atoms with Crippen LogP contribution in [0, 0.1) is 6.92 Å². The molecule has 1 aromatic heterocycles. The van der Waals surface area contributed by atoms with Crippen molar-refractivity contribution in [3.63, 3.8) is 0 Å². The number of aliphatic hydroxyl groups excluding tert-OH is 1. The molecule has 1 amide bonds. The van der Waals surface area contributed by atoms with E-state index >= 15 is 0 Å². The number of amides is 1. The molecule has 0 spiro atoms. The Morgan fingerprint density at radius 2 is 1.64 bits per heavy atom. The number of aromatic amines is 1. The summed E-state index contributed by atoms with van der Waals surface area (Å²) in [6, 6.07) is 20.0. The van der Waals surface area contributed by atoms with Crippen molar-refractivity contribution < 1.29 is 23.8 Å². The number of nitrogens with one attached hydrogen (secondary N) is 2. The molecule has 0 bridgehead atoms. The second-order valence-electron chi connectivity index (χ2n) is 12.9. The average Bonchev–Trinajstić information content (AvgIpc) is 3.34. The van der Waals surface area contributed by atoms with Gasteiger partial charge in [0.25, 0.3) is 13.9 Å². The summed E-state index contributed by atoms with van der Waals surface area (Å²) in [6.45, 7) is 10.3. The van der Waals surface area contributed by atoms with Gasteiger partial charge >= 0.3 is 5.69 Å². The van der Waals surface area contributed by atoms with Crippen molar-refractivity contribution in [1.82, 2.24) is 19.8 Å². The molecule has 3 N–H and O–H groups in total. The van der Waals surface area contributed by atoms with Crippen LogP contribution in [-0.2, 0) is 18.7 Å². The molecular weight excluding hydrogens is 592 g/mol. The molecule has 12 heteroatoms. The Hall–Kier alpha value is -3.39. The van der Waals surface area contributed by atoms with Crippen molar-refractivity contribution in [1.29, 1.82) is 0 Å². The monoisotopic (exact) mass is 638 g/mol. The number of carbonyl (C=O) groups is 1. The first-order chi connectivity index (χ1) is 21.3. The van der Waals surface area contributed by atoms with Gasteiger partial charge in [-0.05, 0) is 43.4 Å². The van der Waals surface area contributed by atoms with Crippen molar-refractivity contribution in [2.75, 3.05) is 33.8 Å². The first kappa shape index (κ1) is 34.5. The van der Waals surface area contributed by atoms with Gasteiger partial charge in [-0.2, -0.15) is 0 Å². The zero-order valence-electron chi connectivity index (χ0n) is 27.2. The van der Waals surface area contributed by atoms with E-state index in [2.05, 4.69) is 55.3 Å². The highest BCUT2D eigenvalue weighted by molar-refractivity contribution is 6.99. The Kier molecular flexibility index (Phi) is 11.0. The quantitative estimate of drug-likeness (QED) is 0.252. The molecule has 4 rings (SSSR count). The van der Waals surface area contributed by atoms with Gasteiger partial charge in [0.2, 0.25) is 5.91 Å². The number of aryl methyl sites for hydroxylation is 1. The minimum atomic E-state index is -3.22. The van der Waals surface area contributed by atoms with E-state index in [1.807, 2.05) is 55.4 Å². The van der Waals surface area contributed by atoms with Crippen LogP contribution < -0.4 is 26.9 Å². The van der Waals surface area contributed by atoms with Crippen molar-refractivity contribution in [2.24, 2.45) is 0 Å². The van der Waals surface area contributed by atoms with Crippen LogP contribution in [0.15, 0.2) is 76.4 Å². The molecule has 3 aromatic rings. The number of H-pyrrole nitrogens is 1. The van der Waals surface area contributed by atoms with Gasteiger partial charge in [0.1, 0.15) is 24.9 Å². The third-order valence-corrected chi connectivity index (χ3v) is 13.2. The molecule has 5 atom stereocenters. The van der Waals surface area contributed by atoms with Gasteiger partial charge in [-0.1, -0.05) is 81.4 Å². The van der Waals surface area contributed by atoms with Crippen LogP contribution in [0.25, 0.3) is 0 Å². The third-order valence-electron chi connectivity index (χ3n) is 8.14. The Balaban J connectivity index is 1.85. The van der Waals surface area contributed by atoms with Crippen LogP contribution in [0.3, 0.4) is 0 Å². The predicted octanol–water partition coefficient (Wildman–Crippen LogP) is 1.13. The first-order valence-electron chi connectivity index (χ1n) is 15.2. The lowest BCUT2D eigenvalue weighted by molar-refractivity contribution is -0.132. The maximum absolute atomic E-state index is 13.1. The maximum Gasteiger partial charge on any atom is 0.330 e. The van der Waals surface area contributed by atoms with E-state index < -0.39 is 55.2 Å². The van der Waals surface area contributed by atoms with Crippen LogP contribution in [0.2, 0.25) is 5.04 Å². The number of benzene rings is 2. The number of aliphatic hydroxyl groups is 1. The summed E-state index contributed by atoms with van der Waals surface area (Å²) in [4.78, 5) is 42.6. The largest absolute Gasteiger partial charge is 0.399 e. The highest BCUT2D eigenvalue weighted by atomic mass is 28.4. The second kappa shape index (κ2) is 14.4. The Bertz CT molecular complexity index is 1500. The minimum Gasteiger partial charge on any atom is -0.399 e. The molecule has 0 aliphatic carbocycles. The second-order valence-corrected chi connectivity index (χ2v) is 17.1. The first-order valence-corrected chi connectivity index (χ1v) is 17.1. The normalized spacial score (nSPS) is 21.2. The van der Waals surface area contributed by atoms with Crippen LogP contribution in [0.1, 0.15) is 39.5 Å². The van der Waals surface area contributed by atoms with Gasteiger partial charge in [0.15, 0.2) is 6.23 Å². The predicted molar refractivity (Wildman–Crippen MR) is 175 cm³/mol. The summed E-state index contributed by atoms with van der Waals surface area (Å²) in [7, 11) is 0.605. The summed E-state index contributed by atoms with van der Waals surface area (Å²) in [5, 5.41) is 15.5. The summed E-state index contributed by atoms with van der Waals surface area (Å²) in [6.07, 6.45) is -3.58. The fourth-order valence-electron chi connectivity index (χ4n) is 5.90. The molecule has 1 unspecified atom stereocenters. The van der Waals surface area contributed by atoms with Gasteiger partial charge < -0.3 is 29.2 Å². The summed E-state index contributed by atoms with van der Waals surface area (Å²) in [5.41, 5.74) is -0.919. The number of likely N-dealkylation sites (N-methyl/N-ethyl adjacent to an activating group) is 1. The van der Waals surface area contributed by atoms with Crippen LogP contribution in [0.5, 0.6) is 0 Å². The molecule has 1 fully saturated rings. The Labute approximate surface area is 265 Å². The Morgan fingerprint density at radius 1 is 1.07 bits per heavy atom. The van der Waals surface area contributed by atoms with E-state index in [9.17, 15) is 19.5 Å². The number of rotatable bonds is 12. The van der Waals surface area contributed by atoms with Gasteiger partial charge in [0.05, 0.1) is 6.10 Å². The molecule has 1 aliphatic rings. The maximum atomic E-state index is 13.1. The number of hydrogen-bond donors (Lipinski definition) is 3. The number of hydrogen-bond acceptors (Lipinski definition) is 8. The van der Waals surface area contributed by atoms with E-state index in [4.69, 9.17) is 13.9 Å². The zero-order chi connectivity index (χ0) is 32.9. The highest BCUT2D eigenvalue weighted by Gasteiger charge is 2.58. The number of nitrogens with zero attached hydrogens (tertiary/aromatic N) is 2. The minimum absolute atomic E-state index is 0.295. The van der Waals surface area contributed by atoms with Crippen LogP contribution in [-0.4, -0.2) is 92.0 Å². The molecule has 2 aromatic carbocycles. The van der Waals surface area contributed by atoms with Crippen molar-refractivity contribution >= 4 is 24.6 Å². The lowest BCUT2D eigenvalue weighted by Crippen LogP contribution is -2.69. The summed E-state index contributed by atoms with van der Waals surface area (Å²) in [5.74, 6) is -0.342. The molecule has 11 nitrogen and oxygen atoms in total. The molecule has 0 saturated carbocycles. The zero-order valence-corrected chi connectivity index (χ0v) is 28.2. The number of ether oxygens (including phenoxy) is 2. The average molecular weight is 639 g/mol. The fraction of sp³-hybridized carbons (Fsp3) is 0.485. The van der Waals surface area contributed by atoms with Crippen molar-refractivity contribution in [3.8, 4) is 0 Å². The van der Waals surface area contributed by atoms with E-state index in [0.29, 0.717) is 18.7 Å². The van der Waals surface area contributed by atoms with Gasteiger partial charge in [-0.3, -0.25) is 19.1 Å². The van der Waals surface area contributed by atoms with Gasteiger partial charge in [-0.25, -0.2) is 4.79 Å². The van der Waals surface area contributed by atoms with Crippen molar-refractivity contribution in [3.05, 3.63) is 93.3 Å². The SMILES string of the molecule is Cc1cn([C@@H]2OC([C@@H](C)O)[C@@H](O[Si](c3ccccc3)(c3ccccc3)C(C)(C)C)[C@H]2OCC(=O)NCCN(C)C)c(=O)[nH]c1=O. The molecule has 244 valence electrons. The van der Waals surface area contributed by atoms with Crippen LogP contribution >= 0.6 is 0 Å².